The molecule has 0 bridgehead atoms. The molecule has 4 aromatic rings. The highest BCUT2D eigenvalue weighted by Gasteiger charge is 2.19. The molecule has 3 aromatic carbocycles. The lowest BCUT2D eigenvalue weighted by Gasteiger charge is -2.18. The molecule has 32 heavy (non-hydrogen) atoms. The monoisotopic (exact) mass is 493 g/mol. The van der Waals surface area contributed by atoms with Gasteiger partial charge in [0.05, 0.1) is 16.9 Å². The van der Waals surface area contributed by atoms with Gasteiger partial charge in [-0.15, -0.1) is 0 Å². The van der Waals surface area contributed by atoms with Crippen molar-refractivity contribution in [1.82, 2.24) is 4.57 Å². The van der Waals surface area contributed by atoms with E-state index in [2.05, 4.69) is 15.9 Å². The number of aromatic carboxylic acids is 1. The smallest absolute Gasteiger partial charge is 0.337 e. The minimum atomic E-state index is -0.994. The summed E-state index contributed by atoms with van der Waals surface area (Å²) in [5.74, 6) is -0.684. The summed E-state index contributed by atoms with van der Waals surface area (Å²) in [6.07, 6.45) is 0. The third-order valence-corrected chi connectivity index (χ3v) is 5.86. The number of para-hydroxylation sites is 1. The lowest BCUT2D eigenvalue weighted by atomic mass is 10.1. The van der Waals surface area contributed by atoms with Crippen molar-refractivity contribution in [3.8, 4) is 22.7 Å². The van der Waals surface area contributed by atoms with Gasteiger partial charge >= 0.3 is 5.97 Å². The standard InChI is InChI=1S/C26H21BrFNO3/c1-16-7-10-20(28)13-18(16)15-32-25-12-9-19(27)14-22(25)24-11-8-17(2)29(24)23-6-4-3-5-21(23)26(30)31/h3-14H,15H2,1-2H3,(H,30,31). The lowest BCUT2D eigenvalue weighted by Crippen LogP contribution is -2.08. The number of carboxylic acid groups (broad SMARTS) is 1. The summed E-state index contributed by atoms with van der Waals surface area (Å²) >= 11 is 3.53. The Morgan fingerprint density at radius 2 is 1.81 bits per heavy atom. The second-order valence-electron chi connectivity index (χ2n) is 7.52. The zero-order valence-electron chi connectivity index (χ0n) is 17.6. The van der Waals surface area contributed by atoms with E-state index in [1.807, 2.05) is 54.8 Å². The molecule has 1 N–H and O–H groups in total. The lowest BCUT2D eigenvalue weighted by molar-refractivity contribution is 0.0697. The SMILES string of the molecule is Cc1ccc(F)cc1COc1ccc(Br)cc1-c1ccc(C)n1-c1ccccc1C(=O)O. The highest BCUT2D eigenvalue weighted by atomic mass is 79.9. The summed E-state index contributed by atoms with van der Waals surface area (Å²) in [6.45, 7) is 4.05. The number of ether oxygens (including phenoxy) is 1. The summed E-state index contributed by atoms with van der Waals surface area (Å²) in [5, 5.41) is 9.70. The number of hydrogen-bond donors (Lipinski definition) is 1. The molecule has 0 unspecified atom stereocenters. The fourth-order valence-corrected chi connectivity index (χ4v) is 4.06. The van der Waals surface area contributed by atoms with E-state index in [9.17, 15) is 14.3 Å². The highest BCUT2D eigenvalue weighted by molar-refractivity contribution is 9.10. The van der Waals surface area contributed by atoms with Crippen molar-refractivity contribution in [2.45, 2.75) is 20.5 Å². The van der Waals surface area contributed by atoms with Crippen molar-refractivity contribution in [1.29, 1.82) is 0 Å². The number of halogens is 2. The molecule has 0 amide bonds. The van der Waals surface area contributed by atoms with Gasteiger partial charge in [-0.2, -0.15) is 0 Å². The molecular weight excluding hydrogens is 473 g/mol. The third-order valence-electron chi connectivity index (χ3n) is 5.36. The quantitative estimate of drug-likeness (QED) is 0.316. The first kappa shape index (κ1) is 21.8. The Labute approximate surface area is 194 Å². The number of rotatable bonds is 6. The molecule has 0 aliphatic carbocycles. The number of benzene rings is 3. The van der Waals surface area contributed by atoms with E-state index >= 15 is 0 Å². The van der Waals surface area contributed by atoms with Crippen LogP contribution in [0.25, 0.3) is 16.9 Å². The van der Waals surface area contributed by atoms with Crippen LogP contribution < -0.4 is 4.74 Å². The van der Waals surface area contributed by atoms with Gasteiger partial charge in [-0.05, 0) is 79.6 Å². The van der Waals surface area contributed by atoms with Gasteiger partial charge in [0.1, 0.15) is 18.2 Å². The van der Waals surface area contributed by atoms with E-state index in [0.29, 0.717) is 11.4 Å². The van der Waals surface area contributed by atoms with E-state index < -0.39 is 5.97 Å². The molecule has 0 aliphatic rings. The number of nitrogens with zero attached hydrogens (tertiary/aromatic N) is 1. The Morgan fingerprint density at radius 1 is 1.03 bits per heavy atom. The summed E-state index contributed by atoms with van der Waals surface area (Å²) < 4.78 is 22.6. The zero-order chi connectivity index (χ0) is 22.8. The normalized spacial score (nSPS) is 10.9. The van der Waals surface area contributed by atoms with Crippen LogP contribution in [0.1, 0.15) is 27.2 Å². The largest absolute Gasteiger partial charge is 0.488 e. The number of aryl methyl sites for hydroxylation is 2. The van der Waals surface area contributed by atoms with E-state index in [4.69, 9.17) is 4.74 Å². The maximum Gasteiger partial charge on any atom is 0.337 e. The first-order valence-corrected chi connectivity index (χ1v) is 10.8. The molecule has 4 nitrogen and oxygen atoms in total. The van der Waals surface area contributed by atoms with E-state index in [1.54, 1.807) is 24.3 Å². The minimum absolute atomic E-state index is 0.209. The number of hydrogen-bond acceptors (Lipinski definition) is 2. The van der Waals surface area contributed by atoms with Crippen molar-refractivity contribution in [3.63, 3.8) is 0 Å². The summed E-state index contributed by atoms with van der Waals surface area (Å²) in [5.41, 5.74) is 4.97. The Hall–Kier alpha value is -3.38. The predicted molar refractivity (Wildman–Crippen MR) is 126 cm³/mol. The molecule has 1 aromatic heterocycles. The first-order chi connectivity index (χ1) is 15.3. The van der Waals surface area contributed by atoms with Crippen LogP contribution >= 0.6 is 15.9 Å². The topological polar surface area (TPSA) is 51.5 Å². The van der Waals surface area contributed by atoms with Crippen molar-refractivity contribution in [3.05, 3.63) is 105 Å². The van der Waals surface area contributed by atoms with Gasteiger partial charge in [0.2, 0.25) is 0 Å². The maximum absolute atomic E-state index is 13.7. The number of aromatic nitrogens is 1. The Morgan fingerprint density at radius 3 is 2.59 bits per heavy atom. The van der Waals surface area contributed by atoms with Crippen LogP contribution in [0.4, 0.5) is 4.39 Å². The molecule has 0 spiro atoms. The average molecular weight is 494 g/mol. The van der Waals surface area contributed by atoms with Crippen molar-refractivity contribution >= 4 is 21.9 Å². The molecule has 6 heteroatoms. The average Bonchev–Trinajstić information content (AvgIpc) is 3.16. The summed E-state index contributed by atoms with van der Waals surface area (Å²) in [7, 11) is 0. The molecular formula is C26H21BrFNO3. The van der Waals surface area contributed by atoms with Gasteiger partial charge in [-0.25, -0.2) is 9.18 Å². The van der Waals surface area contributed by atoms with Gasteiger partial charge in [0, 0.05) is 15.7 Å². The molecule has 0 aliphatic heterocycles. The first-order valence-electron chi connectivity index (χ1n) is 10.0. The number of carbonyl (C=O) groups is 1. The molecule has 162 valence electrons. The predicted octanol–water partition coefficient (Wildman–Crippen LogP) is 6.94. The Bertz CT molecular complexity index is 1310. The van der Waals surface area contributed by atoms with E-state index in [0.717, 1.165) is 32.6 Å². The molecule has 0 radical (unpaired) electrons. The molecule has 0 saturated heterocycles. The van der Waals surface area contributed by atoms with Crippen LogP contribution in [0, 0.1) is 19.7 Å². The molecule has 0 atom stereocenters. The second kappa shape index (κ2) is 9.01. The molecule has 4 rings (SSSR count). The van der Waals surface area contributed by atoms with Gasteiger partial charge in [0.25, 0.3) is 0 Å². The highest BCUT2D eigenvalue weighted by Crippen LogP contribution is 2.36. The fraction of sp³-hybridized carbons (Fsp3) is 0.115. The fourth-order valence-electron chi connectivity index (χ4n) is 3.70. The van der Waals surface area contributed by atoms with Crippen molar-refractivity contribution < 1.29 is 19.0 Å². The summed E-state index contributed by atoms with van der Waals surface area (Å²) in [4.78, 5) is 11.8. The van der Waals surface area contributed by atoms with Gasteiger partial charge in [0.15, 0.2) is 0 Å². The van der Waals surface area contributed by atoms with Crippen molar-refractivity contribution in [2.24, 2.45) is 0 Å². The maximum atomic E-state index is 13.7. The van der Waals surface area contributed by atoms with Crippen LogP contribution in [-0.2, 0) is 6.61 Å². The van der Waals surface area contributed by atoms with Crippen LogP contribution in [0.15, 0.2) is 77.3 Å². The van der Waals surface area contributed by atoms with Crippen molar-refractivity contribution in [2.75, 3.05) is 0 Å². The number of carboxylic acids is 1. The van der Waals surface area contributed by atoms with Crippen LogP contribution in [0.2, 0.25) is 0 Å². The zero-order valence-corrected chi connectivity index (χ0v) is 19.2. The Balaban J connectivity index is 1.80. The molecule has 1 heterocycles. The Kier molecular flexibility index (Phi) is 6.15. The second-order valence-corrected chi connectivity index (χ2v) is 8.43. The van der Waals surface area contributed by atoms with Crippen LogP contribution in [0.3, 0.4) is 0 Å². The van der Waals surface area contributed by atoms with Crippen LogP contribution in [0.5, 0.6) is 5.75 Å². The van der Waals surface area contributed by atoms with Gasteiger partial charge < -0.3 is 14.4 Å². The van der Waals surface area contributed by atoms with Crippen LogP contribution in [-0.4, -0.2) is 15.6 Å². The molecule has 0 saturated carbocycles. The van der Waals surface area contributed by atoms with E-state index in [1.165, 1.54) is 12.1 Å². The molecule has 0 fully saturated rings. The van der Waals surface area contributed by atoms with Gasteiger partial charge in [-0.1, -0.05) is 34.1 Å². The van der Waals surface area contributed by atoms with E-state index in [-0.39, 0.29) is 18.0 Å². The minimum Gasteiger partial charge on any atom is -0.488 e. The third kappa shape index (κ3) is 4.32. The summed E-state index contributed by atoms with van der Waals surface area (Å²) in [6, 6.07) is 21.1. The van der Waals surface area contributed by atoms with Gasteiger partial charge in [-0.3, -0.25) is 0 Å².